The Morgan fingerprint density at radius 2 is 2.08 bits per heavy atom. The summed E-state index contributed by atoms with van der Waals surface area (Å²) in [7, 11) is 0. The maximum absolute atomic E-state index is 13.7. The number of hydrogen-bond acceptors (Lipinski definition) is 5. The largest absolute Gasteiger partial charge is 0.416 e. The number of esters is 1. The lowest BCUT2D eigenvalue weighted by Gasteiger charge is -2.30. The molecule has 1 saturated carbocycles. The zero-order chi connectivity index (χ0) is 17.6. The zero-order valence-corrected chi connectivity index (χ0v) is 14.7. The monoisotopic (exact) mass is 359 g/mol. The number of carbonyl (C=O) groups excluding carboxylic acids is 2. The van der Waals surface area contributed by atoms with Gasteiger partial charge in [0.25, 0.3) is 0 Å². The van der Waals surface area contributed by atoms with E-state index in [1.165, 1.54) is 35.3 Å². The minimum Gasteiger partial charge on any atom is -0.416 e. The van der Waals surface area contributed by atoms with E-state index in [4.69, 9.17) is 4.74 Å². The molecule has 0 saturated heterocycles. The molecule has 0 atom stereocenters. The molecule has 0 amide bonds. The van der Waals surface area contributed by atoms with E-state index in [9.17, 15) is 14.0 Å². The van der Waals surface area contributed by atoms with Crippen molar-refractivity contribution in [2.45, 2.75) is 32.7 Å². The summed E-state index contributed by atoms with van der Waals surface area (Å²) in [5, 5.41) is 0.604. The normalized spacial score (nSPS) is 16.5. The molecule has 6 heteroatoms. The van der Waals surface area contributed by atoms with E-state index < -0.39 is 0 Å². The van der Waals surface area contributed by atoms with E-state index in [0.717, 1.165) is 37.1 Å². The van der Waals surface area contributed by atoms with E-state index in [0.29, 0.717) is 17.2 Å². The van der Waals surface area contributed by atoms with Crippen molar-refractivity contribution >= 4 is 28.8 Å². The van der Waals surface area contributed by atoms with Gasteiger partial charge in [0.1, 0.15) is 5.82 Å². The second-order valence-electron chi connectivity index (χ2n) is 6.58. The minimum atomic E-state index is -0.377. The van der Waals surface area contributed by atoms with E-state index in [-0.39, 0.29) is 23.5 Å². The first kappa shape index (κ1) is 16.3. The molecule has 2 heterocycles. The van der Waals surface area contributed by atoms with E-state index in [2.05, 4.69) is 4.90 Å². The second-order valence-corrected chi connectivity index (χ2v) is 7.68. The van der Waals surface area contributed by atoms with E-state index in [1.54, 1.807) is 6.07 Å². The highest BCUT2D eigenvalue weighted by molar-refractivity contribution is 7.14. The fraction of sp³-hybridized carbons (Fsp3) is 0.368. The molecule has 130 valence electrons. The van der Waals surface area contributed by atoms with E-state index >= 15 is 0 Å². The number of ketones is 1. The maximum atomic E-state index is 13.7. The van der Waals surface area contributed by atoms with Crippen LogP contribution in [0.15, 0.2) is 24.3 Å². The van der Waals surface area contributed by atoms with Crippen LogP contribution in [0.5, 0.6) is 5.06 Å². The molecule has 0 unspecified atom stereocenters. The van der Waals surface area contributed by atoms with Crippen molar-refractivity contribution in [3.63, 3.8) is 0 Å². The Balaban J connectivity index is 1.62. The van der Waals surface area contributed by atoms with Gasteiger partial charge in [0, 0.05) is 42.1 Å². The highest BCUT2D eigenvalue weighted by Gasteiger charge is 2.33. The van der Waals surface area contributed by atoms with Gasteiger partial charge in [-0.3, -0.25) is 9.59 Å². The Morgan fingerprint density at radius 1 is 1.28 bits per heavy atom. The molecule has 1 aromatic carbocycles. The van der Waals surface area contributed by atoms with Crippen LogP contribution in [0.25, 0.3) is 0 Å². The molecule has 1 aliphatic heterocycles. The molecular weight excluding hydrogens is 341 g/mol. The molecule has 0 spiro atoms. The van der Waals surface area contributed by atoms with E-state index in [1.807, 2.05) is 6.07 Å². The summed E-state index contributed by atoms with van der Waals surface area (Å²) in [6, 6.07) is 6.37. The van der Waals surface area contributed by atoms with Crippen molar-refractivity contribution in [3.05, 3.63) is 46.1 Å². The van der Waals surface area contributed by atoms with Crippen LogP contribution in [0.1, 0.15) is 40.6 Å². The molecule has 2 aliphatic rings. The Kier molecular flexibility index (Phi) is 4.07. The summed E-state index contributed by atoms with van der Waals surface area (Å²) >= 11 is 1.49. The number of Topliss-reactive ketones (excluding diaryl/α,β-unsaturated/α-hetero) is 1. The standard InChI is InChI=1S/C19H18FNO3S/c1-11(22)24-18-8-13-10-21(7-6-17(13)25-18)16-5-4-14(20)9-15(16)19(23)12-2-3-12/h4-5,8-9,12H,2-3,6-7,10H2,1H3. The van der Waals surface area contributed by atoms with Crippen LogP contribution in [-0.2, 0) is 17.8 Å². The number of halogens is 1. The number of thiophene rings is 1. The SMILES string of the molecule is CC(=O)Oc1cc2c(s1)CCN(c1ccc(F)cc1C(=O)C1CC1)C2. The quantitative estimate of drug-likeness (QED) is 0.612. The Hall–Kier alpha value is -2.21. The Bertz CT molecular complexity index is 856. The summed E-state index contributed by atoms with van der Waals surface area (Å²) in [6.07, 6.45) is 2.61. The predicted molar refractivity (Wildman–Crippen MR) is 93.8 cm³/mol. The molecular formula is C19H18FNO3S. The Morgan fingerprint density at radius 3 is 2.80 bits per heavy atom. The summed E-state index contributed by atoms with van der Waals surface area (Å²) in [6.45, 7) is 2.77. The first-order valence-electron chi connectivity index (χ1n) is 8.40. The van der Waals surface area contributed by atoms with Crippen molar-refractivity contribution in [2.24, 2.45) is 5.92 Å². The van der Waals surface area contributed by atoms with Crippen LogP contribution in [0.2, 0.25) is 0 Å². The number of fused-ring (bicyclic) bond motifs is 1. The lowest BCUT2D eigenvalue weighted by Crippen LogP contribution is -2.30. The number of carbonyl (C=O) groups is 2. The van der Waals surface area contributed by atoms with Gasteiger partial charge in [0.05, 0.1) is 0 Å². The molecule has 4 nitrogen and oxygen atoms in total. The van der Waals surface area contributed by atoms with Crippen LogP contribution in [0.3, 0.4) is 0 Å². The number of benzene rings is 1. The fourth-order valence-corrected chi connectivity index (χ4v) is 4.30. The van der Waals surface area contributed by atoms with Gasteiger partial charge in [-0.25, -0.2) is 4.39 Å². The van der Waals surface area contributed by atoms with Gasteiger partial charge in [0.15, 0.2) is 10.8 Å². The number of ether oxygens (including phenoxy) is 1. The highest BCUT2D eigenvalue weighted by atomic mass is 32.1. The van der Waals surface area contributed by atoms with Gasteiger partial charge in [-0.2, -0.15) is 0 Å². The van der Waals surface area contributed by atoms with Crippen LogP contribution in [-0.4, -0.2) is 18.3 Å². The first-order valence-corrected chi connectivity index (χ1v) is 9.21. The van der Waals surface area contributed by atoms with Gasteiger partial charge in [-0.05, 0) is 49.1 Å². The molecule has 1 fully saturated rings. The van der Waals surface area contributed by atoms with Gasteiger partial charge in [-0.15, -0.1) is 11.3 Å². The summed E-state index contributed by atoms with van der Waals surface area (Å²) in [5.74, 6) is -0.603. The lowest BCUT2D eigenvalue weighted by atomic mass is 10.0. The number of anilines is 1. The number of nitrogens with zero attached hydrogens (tertiary/aromatic N) is 1. The highest BCUT2D eigenvalue weighted by Crippen LogP contribution is 2.39. The molecule has 0 bridgehead atoms. The molecule has 0 N–H and O–H groups in total. The van der Waals surface area contributed by atoms with Crippen LogP contribution < -0.4 is 9.64 Å². The molecule has 1 aromatic heterocycles. The van der Waals surface area contributed by atoms with Crippen molar-refractivity contribution in [2.75, 3.05) is 11.4 Å². The van der Waals surface area contributed by atoms with Gasteiger partial charge >= 0.3 is 5.97 Å². The lowest BCUT2D eigenvalue weighted by molar-refractivity contribution is -0.131. The third-order valence-corrected chi connectivity index (χ3v) is 5.72. The summed E-state index contributed by atoms with van der Waals surface area (Å²) in [4.78, 5) is 27.0. The zero-order valence-electron chi connectivity index (χ0n) is 13.9. The first-order chi connectivity index (χ1) is 12.0. The molecule has 1 aliphatic carbocycles. The number of rotatable bonds is 4. The molecule has 2 aromatic rings. The van der Waals surface area contributed by atoms with Crippen LogP contribution >= 0.6 is 11.3 Å². The Labute approximate surface area is 149 Å². The van der Waals surface area contributed by atoms with Gasteiger partial charge in [0.2, 0.25) is 0 Å². The number of hydrogen-bond donors (Lipinski definition) is 0. The minimum absolute atomic E-state index is 0.0474. The average molecular weight is 359 g/mol. The molecule has 4 rings (SSSR count). The van der Waals surface area contributed by atoms with Crippen LogP contribution in [0.4, 0.5) is 10.1 Å². The third kappa shape index (κ3) is 3.31. The molecule has 25 heavy (non-hydrogen) atoms. The third-order valence-electron chi connectivity index (χ3n) is 4.60. The fourth-order valence-electron chi connectivity index (χ4n) is 3.25. The van der Waals surface area contributed by atoms with Crippen molar-refractivity contribution < 1.29 is 18.7 Å². The summed E-state index contributed by atoms with van der Waals surface area (Å²) in [5.41, 5.74) is 2.38. The van der Waals surface area contributed by atoms with Gasteiger partial charge in [-0.1, -0.05) is 0 Å². The van der Waals surface area contributed by atoms with Gasteiger partial charge < -0.3 is 9.64 Å². The smallest absolute Gasteiger partial charge is 0.308 e. The van der Waals surface area contributed by atoms with Crippen molar-refractivity contribution in [1.29, 1.82) is 0 Å². The summed E-state index contributed by atoms with van der Waals surface area (Å²) < 4.78 is 18.9. The topological polar surface area (TPSA) is 46.6 Å². The maximum Gasteiger partial charge on any atom is 0.308 e. The van der Waals surface area contributed by atoms with Crippen molar-refractivity contribution in [1.82, 2.24) is 0 Å². The second kappa shape index (κ2) is 6.26. The average Bonchev–Trinajstić information content (AvgIpc) is 3.34. The molecule has 0 radical (unpaired) electrons. The van der Waals surface area contributed by atoms with Crippen LogP contribution in [0, 0.1) is 11.7 Å². The van der Waals surface area contributed by atoms with Crippen molar-refractivity contribution in [3.8, 4) is 5.06 Å². The predicted octanol–water partition coefficient (Wildman–Crippen LogP) is 3.97.